The molecule has 0 bridgehead atoms. The highest BCUT2D eigenvalue weighted by Crippen LogP contribution is 1.96. The van der Waals surface area contributed by atoms with Crippen molar-refractivity contribution in [3.8, 4) is 0 Å². The van der Waals surface area contributed by atoms with Crippen LogP contribution in [0.1, 0.15) is 0 Å². The lowest BCUT2D eigenvalue weighted by Gasteiger charge is -1.94. The summed E-state index contributed by atoms with van der Waals surface area (Å²) < 4.78 is 12.6. The lowest BCUT2D eigenvalue weighted by molar-refractivity contribution is -0.135. The van der Waals surface area contributed by atoms with Crippen LogP contribution in [0.15, 0.2) is 12.4 Å². The van der Waals surface area contributed by atoms with Gasteiger partial charge in [-0.25, -0.2) is 0 Å². The second-order valence-corrected chi connectivity index (χ2v) is 1.85. The number of anilines is 1. The summed E-state index contributed by atoms with van der Waals surface area (Å²) in [6.07, 6.45) is 3.11. The van der Waals surface area contributed by atoms with Gasteiger partial charge in [-0.1, -0.05) is 0 Å². The van der Waals surface area contributed by atoms with Gasteiger partial charge in [0.15, 0.2) is 0 Å². The summed E-state index contributed by atoms with van der Waals surface area (Å²) in [5.74, 6) is 0. The molecule has 0 unspecified atom stereocenters. The molecule has 1 aromatic rings. The molecule has 0 fully saturated rings. The summed E-state index contributed by atoms with van der Waals surface area (Å²) >= 11 is 0. The maximum atomic E-state index is 11.1. The summed E-state index contributed by atoms with van der Waals surface area (Å²) in [7, 11) is 0. The molecule has 56 valence electrons. The van der Waals surface area contributed by atoms with Crippen molar-refractivity contribution in [1.82, 2.24) is 9.78 Å². The molecule has 10 heavy (non-hydrogen) atoms. The fourth-order valence-electron chi connectivity index (χ4n) is 0.630. The van der Waals surface area contributed by atoms with Gasteiger partial charge in [-0.05, 0) is 4.53 Å². The second kappa shape index (κ2) is 3.17. The first-order valence-electron chi connectivity index (χ1n) is 2.84. The van der Waals surface area contributed by atoms with E-state index < -0.39 is 0 Å². The maximum Gasteiger partial charge on any atom is 0.107 e. The first-order chi connectivity index (χ1) is 4.83. The monoisotopic (exact) mass is 145 g/mol. The summed E-state index contributed by atoms with van der Waals surface area (Å²) in [6, 6.07) is 0. The molecule has 1 rings (SSSR count). The van der Waals surface area contributed by atoms with Gasteiger partial charge in [0.05, 0.1) is 18.4 Å². The smallest absolute Gasteiger partial charge is 0.107 e. The molecule has 0 amide bonds. The Labute approximate surface area is 57.3 Å². The molecule has 0 aromatic carbocycles. The fourth-order valence-corrected chi connectivity index (χ4v) is 0.630. The molecule has 2 N–H and O–H groups in total. The summed E-state index contributed by atoms with van der Waals surface area (Å²) in [5.41, 5.74) is 5.90. The fraction of sp³-hybridized carbons (Fsp3) is 0.400. The predicted molar refractivity (Wildman–Crippen MR) is 33.7 cm³/mol. The van der Waals surface area contributed by atoms with Crippen molar-refractivity contribution in [3.63, 3.8) is 0 Å². The van der Waals surface area contributed by atoms with E-state index >= 15 is 0 Å². The Morgan fingerprint density at radius 1 is 1.80 bits per heavy atom. The van der Waals surface area contributed by atoms with Crippen LogP contribution in [0.3, 0.4) is 0 Å². The molecule has 4 nitrogen and oxygen atoms in total. The van der Waals surface area contributed by atoms with Crippen molar-refractivity contribution < 1.29 is 9.47 Å². The average Bonchev–Trinajstić information content (AvgIpc) is 2.31. The third-order valence-electron chi connectivity index (χ3n) is 1.05. The van der Waals surface area contributed by atoms with E-state index in [2.05, 4.69) is 10.0 Å². The minimum atomic E-state index is 0.00111. The van der Waals surface area contributed by atoms with Crippen LogP contribution in [0.4, 0.5) is 10.2 Å². The van der Waals surface area contributed by atoms with E-state index in [9.17, 15) is 4.53 Å². The minimum absolute atomic E-state index is 0.00111. The van der Waals surface area contributed by atoms with Crippen molar-refractivity contribution in [1.29, 1.82) is 0 Å². The van der Waals surface area contributed by atoms with Gasteiger partial charge in [-0.3, -0.25) is 4.68 Å². The van der Waals surface area contributed by atoms with Gasteiger partial charge in [-0.2, -0.15) is 10.0 Å². The van der Waals surface area contributed by atoms with Crippen molar-refractivity contribution in [2.45, 2.75) is 6.54 Å². The van der Waals surface area contributed by atoms with Crippen LogP contribution in [-0.4, -0.2) is 16.4 Å². The molecule has 0 radical (unpaired) electrons. The van der Waals surface area contributed by atoms with Gasteiger partial charge < -0.3 is 5.73 Å². The Bertz CT molecular complexity index is 201. The number of halogens is 1. The van der Waals surface area contributed by atoms with Gasteiger partial charge in [-0.15, -0.1) is 0 Å². The summed E-state index contributed by atoms with van der Waals surface area (Å²) in [5, 5.41) is 3.80. The SMILES string of the molecule is Nc1cnn(CCOF)c1. The molecular weight excluding hydrogens is 137 g/mol. The second-order valence-electron chi connectivity index (χ2n) is 1.85. The maximum absolute atomic E-state index is 11.1. The molecule has 5 heteroatoms. The van der Waals surface area contributed by atoms with E-state index in [0.717, 1.165) is 0 Å². The van der Waals surface area contributed by atoms with Gasteiger partial charge in [0.1, 0.15) is 6.61 Å². The molecule has 1 aromatic heterocycles. The summed E-state index contributed by atoms with van der Waals surface area (Å²) in [4.78, 5) is 3.35. The number of hydrogen-bond donors (Lipinski definition) is 1. The summed E-state index contributed by atoms with van der Waals surface area (Å²) in [6.45, 7) is 0.384. The van der Waals surface area contributed by atoms with Crippen LogP contribution >= 0.6 is 0 Å². The molecular formula is C5H8FN3O. The lowest BCUT2D eigenvalue weighted by atomic mass is 10.6. The molecule has 0 aliphatic heterocycles. The van der Waals surface area contributed by atoms with Crippen LogP contribution in [0.2, 0.25) is 0 Å². The quantitative estimate of drug-likeness (QED) is 0.668. The van der Waals surface area contributed by atoms with Crippen LogP contribution in [0.5, 0.6) is 0 Å². The zero-order chi connectivity index (χ0) is 7.40. The Morgan fingerprint density at radius 2 is 2.60 bits per heavy atom. The van der Waals surface area contributed by atoms with Crippen molar-refractivity contribution >= 4 is 5.69 Å². The number of rotatable bonds is 3. The van der Waals surface area contributed by atoms with Gasteiger partial charge in [0.25, 0.3) is 0 Å². The van der Waals surface area contributed by atoms with E-state index in [4.69, 9.17) is 5.73 Å². The standard InChI is InChI=1S/C5H8FN3O/c6-10-2-1-9-4-5(7)3-8-9/h3-4H,1-2,7H2. The van der Waals surface area contributed by atoms with Crippen LogP contribution in [-0.2, 0) is 11.5 Å². The Kier molecular flexibility index (Phi) is 2.22. The van der Waals surface area contributed by atoms with Crippen molar-refractivity contribution in [2.75, 3.05) is 12.3 Å². The molecule has 1 heterocycles. The van der Waals surface area contributed by atoms with E-state index in [1.54, 1.807) is 6.20 Å². The Hall–Kier alpha value is -1.10. The van der Waals surface area contributed by atoms with Gasteiger partial charge >= 0.3 is 0 Å². The highest BCUT2D eigenvalue weighted by Gasteiger charge is 1.92. The molecule has 0 spiro atoms. The van der Waals surface area contributed by atoms with E-state index in [1.807, 2.05) is 0 Å². The lowest BCUT2D eigenvalue weighted by Crippen LogP contribution is -2.02. The van der Waals surface area contributed by atoms with Crippen molar-refractivity contribution in [3.05, 3.63) is 12.4 Å². The Morgan fingerprint density at radius 3 is 3.10 bits per heavy atom. The van der Waals surface area contributed by atoms with Crippen molar-refractivity contribution in [2.24, 2.45) is 0 Å². The molecule has 0 saturated heterocycles. The minimum Gasteiger partial charge on any atom is -0.396 e. The number of aromatic nitrogens is 2. The normalized spacial score (nSPS) is 10.1. The number of hydrogen-bond acceptors (Lipinski definition) is 3. The molecule has 0 aliphatic rings. The molecule has 0 saturated carbocycles. The average molecular weight is 145 g/mol. The van der Waals surface area contributed by atoms with Crippen LogP contribution in [0.25, 0.3) is 0 Å². The van der Waals surface area contributed by atoms with Crippen LogP contribution < -0.4 is 5.73 Å². The highest BCUT2D eigenvalue weighted by atomic mass is 19.3. The molecule has 0 aliphatic carbocycles. The van der Waals surface area contributed by atoms with E-state index in [-0.39, 0.29) is 6.61 Å². The number of nitrogens with zero attached hydrogens (tertiary/aromatic N) is 2. The van der Waals surface area contributed by atoms with Gasteiger partial charge in [0.2, 0.25) is 0 Å². The zero-order valence-corrected chi connectivity index (χ0v) is 5.33. The van der Waals surface area contributed by atoms with Gasteiger partial charge in [0, 0.05) is 6.20 Å². The number of nitrogens with two attached hydrogens (primary N) is 1. The highest BCUT2D eigenvalue weighted by molar-refractivity contribution is 5.30. The van der Waals surface area contributed by atoms with E-state index in [0.29, 0.717) is 12.2 Å². The first kappa shape index (κ1) is 7.01. The first-order valence-corrected chi connectivity index (χ1v) is 2.84. The predicted octanol–water partition coefficient (Wildman–Crippen LogP) is 0.366. The van der Waals surface area contributed by atoms with E-state index in [1.165, 1.54) is 10.9 Å². The van der Waals surface area contributed by atoms with Crippen LogP contribution in [0, 0.1) is 0 Å². The third kappa shape index (κ3) is 1.70. The molecule has 0 atom stereocenters. The zero-order valence-electron chi connectivity index (χ0n) is 5.33. The Balaban J connectivity index is 2.42. The third-order valence-corrected chi connectivity index (χ3v) is 1.05. The number of nitrogen functional groups attached to an aromatic ring is 1. The topological polar surface area (TPSA) is 53.1 Å². The largest absolute Gasteiger partial charge is 0.396 e.